The molecule has 0 fully saturated rings. The van der Waals surface area contributed by atoms with Gasteiger partial charge in [-0.3, -0.25) is 4.55 Å². The van der Waals surface area contributed by atoms with Gasteiger partial charge in [-0.25, -0.2) is 0 Å². The molecule has 0 aliphatic rings. The summed E-state index contributed by atoms with van der Waals surface area (Å²) in [4.78, 5) is -0.0730. The molecule has 0 heterocycles. The molecule has 1 atom stereocenters. The van der Waals surface area contributed by atoms with Crippen molar-refractivity contribution in [3.05, 3.63) is 42.5 Å². The number of nitrogens with two attached hydrogens (primary N) is 1. The summed E-state index contributed by atoms with van der Waals surface area (Å²) < 4.78 is 30.5. The molecule has 116 valence electrons. The van der Waals surface area contributed by atoms with Crippen LogP contribution in [-0.4, -0.2) is 24.3 Å². The fourth-order valence-corrected chi connectivity index (χ4v) is 2.22. The van der Waals surface area contributed by atoms with Crippen molar-refractivity contribution in [3.63, 3.8) is 0 Å². The van der Waals surface area contributed by atoms with Crippen molar-refractivity contribution < 1.29 is 18.2 Å². The van der Waals surface area contributed by atoms with Crippen LogP contribution in [0.4, 0.5) is 0 Å². The van der Waals surface area contributed by atoms with Gasteiger partial charge in [0.1, 0.15) is 0 Å². The van der Waals surface area contributed by atoms with E-state index >= 15 is 0 Å². The van der Waals surface area contributed by atoms with Gasteiger partial charge in [0.25, 0.3) is 10.1 Å². The Kier molecular flexibility index (Phi) is 6.73. The first-order valence-corrected chi connectivity index (χ1v) is 7.94. The first-order chi connectivity index (χ1) is 9.88. The lowest BCUT2D eigenvalue weighted by molar-refractivity contribution is 0.124. The van der Waals surface area contributed by atoms with Crippen molar-refractivity contribution in [2.24, 2.45) is 5.73 Å². The largest absolute Gasteiger partial charge is 0.315 e. The SMILES string of the molecule is CCCC(N)NO.O=S(=O)(O)c1ccc2ccccc2c1. The molecule has 0 spiro atoms. The molecule has 2 aromatic rings. The van der Waals surface area contributed by atoms with Gasteiger partial charge in [0.05, 0.1) is 11.1 Å². The average Bonchev–Trinajstić information content (AvgIpc) is 2.46. The van der Waals surface area contributed by atoms with E-state index in [2.05, 4.69) is 0 Å². The predicted molar refractivity (Wildman–Crippen MR) is 81.6 cm³/mol. The van der Waals surface area contributed by atoms with Gasteiger partial charge in [-0.2, -0.15) is 13.9 Å². The number of hydrogen-bond acceptors (Lipinski definition) is 5. The van der Waals surface area contributed by atoms with E-state index in [0.717, 1.165) is 23.6 Å². The average molecular weight is 312 g/mol. The maximum atomic E-state index is 10.8. The molecule has 0 saturated heterocycles. The lowest BCUT2D eigenvalue weighted by Crippen LogP contribution is -2.34. The molecule has 1 unspecified atom stereocenters. The molecule has 0 amide bonds. The third-order valence-electron chi connectivity index (χ3n) is 2.78. The molecule has 2 rings (SSSR count). The highest BCUT2D eigenvalue weighted by atomic mass is 32.2. The molecule has 7 heteroatoms. The standard InChI is InChI=1S/C10H8O3S.C4H12N2O/c11-14(12,13)10-6-5-8-3-1-2-4-9(8)7-10;1-2-3-4(5)6-7/h1-7H,(H,11,12,13);4,6-7H,2-3,5H2,1H3. The Morgan fingerprint density at radius 2 is 1.81 bits per heavy atom. The summed E-state index contributed by atoms with van der Waals surface area (Å²) in [5, 5.41) is 9.83. The summed E-state index contributed by atoms with van der Waals surface area (Å²) in [6.45, 7) is 2.01. The number of hydrogen-bond donors (Lipinski definition) is 4. The van der Waals surface area contributed by atoms with Crippen LogP contribution in [0.3, 0.4) is 0 Å². The maximum Gasteiger partial charge on any atom is 0.294 e. The second kappa shape index (κ2) is 8.06. The van der Waals surface area contributed by atoms with E-state index in [1.54, 1.807) is 12.1 Å². The monoisotopic (exact) mass is 312 g/mol. The van der Waals surface area contributed by atoms with Crippen LogP contribution in [0, 0.1) is 0 Å². The normalized spacial score (nSPS) is 12.6. The van der Waals surface area contributed by atoms with Gasteiger partial charge in [-0.05, 0) is 29.3 Å². The Bertz CT molecular complexity index is 673. The molecular weight excluding hydrogens is 292 g/mol. The molecule has 2 aromatic carbocycles. The molecule has 0 aliphatic heterocycles. The minimum absolute atomic E-state index is 0.0730. The lowest BCUT2D eigenvalue weighted by atomic mass is 10.1. The Morgan fingerprint density at radius 3 is 2.29 bits per heavy atom. The molecular formula is C14H20N2O4S. The number of benzene rings is 2. The third kappa shape index (κ3) is 5.78. The van der Waals surface area contributed by atoms with E-state index in [0.29, 0.717) is 0 Å². The van der Waals surface area contributed by atoms with Crippen LogP contribution in [-0.2, 0) is 10.1 Å². The third-order valence-corrected chi connectivity index (χ3v) is 3.63. The van der Waals surface area contributed by atoms with E-state index in [1.807, 2.05) is 30.6 Å². The van der Waals surface area contributed by atoms with Gasteiger partial charge < -0.3 is 10.9 Å². The van der Waals surface area contributed by atoms with Crippen molar-refractivity contribution in [3.8, 4) is 0 Å². The lowest BCUT2D eigenvalue weighted by Gasteiger charge is -2.04. The molecule has 5 N–H and O–H groups in total. The highest BCUT2D eigenvalue weighted by Crippen LogP contribution is 2.18. The van der Waals surface area contributed by atoms with Crippen LogP contribution in [0.5, 0.6) is 0 Å². The van der Waals surface area contributed by atoms with Crippen molar-refractivity contribution in [2.75, 3.05) is 0 Å². The molecule has 0 radical (unpaired) electrons. The van der Waals surface area contributed by atoms with Gasteiger partial charge in [-0.15, -0.1) is 0 Å². The number of rotatable bonds is 4. The van der Waals surface area contributed by atoms with Crippen LogP contribution in [0.1, 0.15) is 19.8 Å². The first kappa shape index (κ1) is 17.5. The Labute approximate surface area is 124 Å². The van der Waals surface area contributed by atoms with Gasteiger partial charge in [-0.1, -0.05) is 43.7 Å². The highest BCUT2D eigenvalue weighted by molar-refractivity contribution is 7.85. The quantitative estimate of drug-likeness (QED) is 0.391. The Balaban J connectivity index is 0.000000270. The fraction of sp³-hybridized carbons (Fsp3) is 0.286. The molecule has 0 bridgehead atoms. The van der Waals surface area contributed by atoms with Crippen molar-refractivity contribution in [1.82, 2.24) is 5.48 Å². The minimum atomic E-state index is -4.09. The summed E-state index contributed by atoms with van der Waals surface area (Å²) in [5.74, 6) is 0. The smallest absolute Gasteiger partial charge is 0.294 e. The highest BCUT2D eigenvalue weighted by Gasteiger charge is 2.08. The summed E-state index contributed by atoms with van der Waals surface area (Å²) in [6.07, 6.45) is 1.57. The minimum Gasteiger partial charge on any atom is -0.315 e. The van der Waals surface area contributed by atoms with Crippen LogP contribution in [0.15, 0.2) is 47.4 Å². The van der Waals surface area contributed by atoms with E-state index in [1.165, 1.54) is 12.1 Å². The summed E-state index contributed by atoms with van der Waals surface area (Å²) in [7, 11) is -4.09. The molecule has 21 heavy (non-hydrogen) atoms. The van der Waals surface area contributed by atoms with E-state index < -0.39 is 10.1 Å². The predicted octanol–water partition coefficient (Wildman–Crippen LogP) is 2.14. The topological polar surface area (TPSA) is 113 Å². The van der Waals surface area contributed by atoms with Gasteiger partial charge in [0, 0.05) is 0 Å². The maximum absolute atomic E-state index is 10.8. The van der Waals surface area contributed by atoms with Gasteiger partial charge in [0.2, 0.25) is 0 Å². The van der Waals surface area contributed by atoms with E-state index in [4.69, 9.17) is 15.5 Å². The van der Waals surface area contributed by atoms with Crippen LogP contribution >= 0.6 is 0 Å². The summed E-state index contributed by atoms with van der Waals surface area (Å²) >= 11 is 0. The first-order valence-electron chi connectivity index (χ1n) is 6.50. The molecule has 6 nitrogen and oxygen atoms in total. The van der Waals surface area contributed by atoms with Crippen LogP contribution in [0.2, 0.25) is 0 Å². The zero-order chi connectivity index (χ0) is 15.9. The number of fused-ring (bicyclic) bond motifs is 1. The molecule has 0 saturated carbocycles. The van der Waals surface area contributed by atoms with E-state index in [-0.39, 0.29) is 11.1 Å². The summed E-state index contributed by atoms with van der Waals surface area (Å²) in [5.41, 5.74) is 7.17. The van der Waals surface area contributed by atoms with E-state index in [9.17, 15) is 8.42 Å². The molecule has 0 aliphatic carbocycles. The van der Waals surface area contributed by atoms with Crippen molar-refractivity contribution in [2.45, 2.75) is 30.8 Å². The van der Waals surface area contributed by atoms with Crippen molar-refractivity contribution >= 4 is 20.9 Å². The van der Waals surface area contributed by atoms with Crippen molar-refractivity contribution in [1.29, 1.82) is 0 Å². The Morgan fingerprint density at radius 1 is 1.19 bits per heavy atom. The number of nitrogens with one attached hydrogen (secondary N) is 1. The second-order valence-electron chi connectivity index (χ2n) is 4.51. The fourth-order valence-electron chi connectivity index (χ4n) is 1.70. The van der Waals surface area contributed by atoms with Gasteiger partial charge >= 0.3 is 0 Å². The second-order valence-corrected chi connectivity index (χ2v) is 5.93. The molecule has 0 aromatic heterocycles. The van der Waals surface area contributed by atoms with Crippen LogP contribution in [0.25, 0.3) is 10.8 Å². The zero-order valence-corrected chi connectivity index (χ0v) is 12.5. The summed E-state index contributed by atoms with van der Waals surface area (Å²) in [6, 6.07) is 11.9. The van der Waals surface area contributed by atoms with Gasteiger partial charge in [0.15, 0.2) is 0 Å². The zero-order valence-electron chi connectivity index (χ0n) is 11.7. The number of hydroxylamine groups is 1. The Hall–Kier alpha value is -1.51. The van der Waals surface area contributed by atoms with Crippen LogP contribution < -0.4 is 11.2 Å².